The monoisotopic (exact) mass is 375 g/mol. The molecular formula is C23H25N3O2. The van der Waals surface area contributed by atoms with Crippen molar-refractivity contribution in [3.8, 4) is 5.69 Å². The highest BCUT2D eigenvalue weighted by atomic mass is 16.6. The molecule has 0 bridgehead atoms. The first kappa shape index (κ1) is 18.2. The Morgan fingerprint density at radius 2 is 1.86 bits per heavy atom. The fourth-order valence-electron chi connectivity index (χ4n) is 3.64. The first-order valence-electron chi connectivity index (χ1n) is 9.64. The van der Waals surface area contributed by atoms with Crippen LogP contribution in [0.2, 0.25) is 0 Å². The van der Waals surface area contributed by atoms with Gasteiger partial charge in [-0.25, -0.2) is 4.79 Å². The van der Waals surface area contributed by atoms with Crippen LogP contribution >= 0.6 is 0 Å². The van der Waals surface area contributed by atoms with Crippen LogP contribution in [0, 0.1) is 0 Å². The van der Waals surface area contributed by atoms with Gasteiger partial charge in [0.2, 0.25) is 0 Å². The maximum atomic E-state index is 12.1. The van der Waals surface area contributed by atoms with E-state index in [0.717, 1.165) is 23.3 Å². The predicted octanol–water partition coefficient (Wildman–Crippen LogP) is 4.85. The Kier molecular flexibility index (Phi) is 4.82. The fourth-order valence-corrected chi connectivity index (χ4v) is 3.64. The van der Waals surface area contributed by atoms with Crippen molar-refractivity contribution in [1.29, 1.82) is 0 Å². The molecule has 1 amide bonds. The van der Waals surface area contributed by atoms with E-state index in [2.05, 4.69) is 41.1 Å². The first-order valence-corrected chi connectivity index (χ1v) is 9.64. The number of nitrogens with two attached hydrogens (primary N) is 1. The average Bonchev–Trinajstić information content (AvgIpc) is 3.08. The summed E-state index contributed by atoms with van der Waals surface area (Å²) in [7, 11) is 0. The second-order valence-corrected chi connectivity index (χ2v) is 7.38. The number of hydrogen-bond acceptors (Lipinski definition) is 3. The summed E-state index contributed by atoms with van der Waals surface area (Å²) >= 11 is 0. The minimum absolute atomic E-state index is 0.101. The molecule has 5 nitrogen and oxygen atoms in total. The number of rotatable bonds is 3. The molecule has 4 rings (SSSR count). The second-order valence-electron chi connectivity index (χ2n) is 7.38. The smallest absolute Gasteiger partial charge is 0.410 e. The minimum atomic E-state index is -0.241. The molecule has 28 heavy (non-hydrogen) atoms. The van der Waals surface area contributed by atoms with E-state index in [1.807, 2.05) is 38.1 Å². The summed E-state index contributed by atoms with van der Waals surface area (Å²) in [4.78, 5) is 13.9. The summed E-state index contributed by atoms with van der Waals surface area (Å²) < 4.78 is 7.51. The van der Waals surface area contributed by atoms with Crippen molar-refractivity contribution in [3.63, 3.8) is 0 Å². The zero-order chi connectivity index (χ0) is 19.7. The van der Waals surface area contributed by atoms with Crippen LogP contribution in [0.25, 0.3) is 22.2 Å². The topological polar surface area (TPSA) is 60.5 Å². The van der Waals surface area contributed by atoms with E-state index in [1.165, 1.54) is 16.5 Å². The van der Waals surface area contributed by atoms with Crippen LogP contribution in [0.15, 0.2) is 60.8 Å². The number of hydrogen-bond donors (Lipinski definition) is 1. The zero-order valence-electron chi connectivity index (χ0n) is 16.3. The third kappa shape index (κ3) is 3.48. The summed E-state index contributed by atoms with van der Waals surface area (Å²) in [5.41, 5.74) is 11.3. The number of nitrogens with zero attached hydrogens (tertiary/aromatic N) is 2. The van der Waals surface area contributed by atoms with E-state index in [9.17, 15) is 4.79 Å². The lowest BCUT2D eigenvalue weighted by atomic mass is 9.99. The number of fused-ring (bicyclic) bond motifs is 1. The summed E-state index contributed by atoms with van der Waals surface area (Å²) in [6.07, 6.45) is 4.79. The molecule has 2 heterocycles. The van der Waals surface area contributed by atoms with Gasteiger partial charge in [-0.15, -0.1) is 0 Å². The molecular weight excluding hydrogens is 350 g/mol. The SMILES string of the molecule is CC(C)OC(=O)N1CC=C(c2cn(-c3ccc(N)cc3)c3ccccc23)CC1. The Balaban J connectivity index is 1.67. The molecule has 1 aromatic heterocycles. The molecule has 0 saturated carbocycles. The number of aromatic nitrogens is 1. The lowest BCUT2D eigenvalue weighted by molar-refractivity contribution is 0.0799. The van der Waals surface area contributed by atoms with Crippen LogP contribution in [0.3, 0.4) is 0 Å². The minimum Gasteiger partial charge on any atom is -0.447 e. The van der Waals surface area contributed by atoms with Crippen molar-refractivity contribution < 1.29 is 9.53 Å². The van der Waals surface area contributed by atoms with Gasteiger partial charge in [-0.05, 0) is 56.2 Å². The highest BCUT2D eigenvalue weighted by Crippen LogP contribution is 2.33. The fraction of sp³-hybridized carbons (Fsp3) is 0.261. The normalized spacial score (nSPS) is 14.4. The third-order valence-corrected chi connectivity index (χ3v) is 5.03. The Bertz CT molecular complexity index is 1030. The van der Waals surface area contributed by atoms with Crippen LogP contribution < -0.4 is 5.73 Å². The number of anilines is 1. The summed E-state index contributed by atoms with van der Waals surface area (Å²) in [5, 5.41) is 1.21. The number of carbonyl (C=O) groups excluding carboxylic acids is 1. The lowest BCUT2D eigenvalue weighted by Crippen LogP contribution is -2.36. The average molecular weight is 375 g/mol. The van der Waals surface area contributed by atoms with Crippen molar-refractivity contribution in [2.24, 2.45) is 0 Å². The van der Waals surface area contributed by atoms with Gasteiger partial charge in [0.1, 0.15) is 0 Å². The molecule has 2 N–H and O–H groups in total. The predicted molar refractivity (Wildman–Crippen MR) is 113 cm³/mol. The summed E-state index contributed by atoms with van der Waals surface area (Å²) in [6, 6.07) is 16.3. The largest absolute Gasteiger partial charge is 0.447 e. The molecule has 3 aromatic rings. The molecule has 2 aromatic carbocycles. The molecule has 5 heteroatoms. The lowest BCUT2D eigenvalue weighted by Gasteiger charge is -2.26. The molecule has 1 aliphatic heterocycles. The molecule has 0 radical (unpaired) electrons. The van der Waals surface area contributed by atoms with Gasteiger partial charge in [0.15, 0.2) is 0 Å². The standard InChI is InChI=1S/C23H25N3O2/c1-16(2)28-23(27)25-13-11-17(12-14-25)21-15-26(19-9-7-18(24)8-10-19)22-6-4-3-5-20(21)22/h3-11,15-16H,12-14,24H2,1-2H3. The van der Waals surface area contributed by atoms with Gasteiger partial charge in [-0.3, -0.25) is 0 Å². The van der Waals surface area contributed by atoms with Gasteiger partial charge in [-0.2, -0.15) is 0 Å². The molecule has 0 fully saturated rings. The third-order valence-electron chi connectivity index (χ3n) is 5.03. The molecule has 0 saturated heterocycles. The maximum Gasteiger partial charge on any atom is 0.410 e. The van der Waals surface area contributed by atoms with Crippen molar-refractivity contribution in [3.05, 3.63) is 66.4 Å². The quantitative estimate of drug-likeness (QED) is 0.666. The van der Waals surface area contributed by atoms with E-state index in [0.29, 0.717) is 13.1 Å². The van der Waals surface area contributed by atoms with Crippen LogP contribution in [0.4, 0.5) is 10.5 Å². The summed E-state index contributed by atoms with van der Waals surface area (Å²) in [5.74, 6) is 0. The number of nitrogen functional groups attached to an aromatic ring is 1. The number of carbonyl (C=O) groups is 1. The number of amides is 1. The Morgan fingerprint density at radius 1 is 1.11 bits per heavy atom. The number of para-hydroxylation sites is 1. The molecule has 144 valence electrons. The molecule has 0 aliphatic carbocycles. The maximum absolute atomic E-state index is 12.1. The highest BCUT2D eigenvalue weighted by molar-refractivity contribution is 5.94. The molecule has 0 spiro atoms. The molecule has 0 atom stereocenters. The second kappa shape index (κ2) is 7.43. The van der Waals surface area contributed by atoms with Gasteiger partial charge in [0.05, 0.1) is 11.6 Å². The van der Waals surface area contributed by atoms with Crippen LogP contribution in [0.5, 0.6) is 0 Å². The van der Waals surface area contributed by atoms with E-state index in [4.69, 9.17) is 10.5 Å². The van der Waals surface area contributed by atoms with Gasteiger partial charge < -0.3 is 19.9 Å². The van der Waals surface area contributed by atoms with Crippen molar-refractivity contribution in [2.75, 3.05) is 18.8 Å². The Hall–Kier alpha value is -3.21. The van der Waals surface area contributed by atoms with Gasteiger partial charge in [0, 0.05) is 41.6 Å². The summed E-state index contributed by atoms with van der Waals surface area (Å²) in [6.45, 7) is 4.98. The van der Waals surface area contributed by atoms with Crippen molar-refractivity contribution >= 4 is 28.3 Å². The van der Waals surface area contributed by atoms with E-state index >= 15 is 0 Å². The van der Waals surface area contributed by atoms with E-state index in [1.54, 1.807) is 4.90 Å². The Morgan fingerprint density at radius 3 is 2.54 bits per heavy atom. The van der Waals surface area contributed by atoms with Crippen molar-refractivity contribution in [1.82, 2.24) is 9.47 Å². The van der Waals surface area contributed by atoms with Crippen LogP contribution in [-0.2, 0) is 4.74 Å². The van der Waals surface area contributed by atoms with Crippen molar-refractivity contribution in [2.45, 2.75) is 26.4 Å². The molecule has 1 aliphatic rings. The first-order chi connectivity index (χ1) is 13.5. The van der Waals surface area contributed by atoms with Gasteiger partial charge >= 0.3 is 6.09 Å². The Labute approximate surface area is 165 Å². The zero-order valence-corrected chi connectivity index (χ0v) is 16.3. The van der Waals surface area contributed by atoms with Crippen LogP contribution in [0.1, 0.15) is 25.8 Å². The van der Waals surface area contributed by atoms with Crippen LogP contribution in [-0.4, -0.2) is 34.8 Å². The molecule has 0 unspecified atom stereocenters. The number of benzene rings is 2. The van der Waals surface area contributed by atoms with E-state index in [-0.39, 0.29) is 12.2 Å². The highest BCUT2D eigenvalue weighted by Gasteiger charge is 2.22. The van der Waals surface area contributed by atoms with Gasteiger partial charge in [0.25, 0.3) is 0 Å². The number of ether oxygens (including phenoxy) is 1. The van der Waals surface area contributed by atoms with Gasteiger partial charge in [-0.1, -0.05) is 24.3 Å². The van der Waals surface area contributed by atoms with E-state index < -0.39 is 0 Å².